The van der Waals surface area contributed by atoms with Crippen molar-refractivity contribution in [3.63, 3.8) is 0 Å². The zero-order valence-electron chi connectivity index (χ0n) is 25.4. The molecule has 40 heavy (non-hydrogen) atoms. The molecule has 0 radical (unpaired) electrons. The Morgan fingerprint density at radius 2 is 1.65 bits per heavy atom. The highest BCUT2D eigenvalue weighted by Gasteiger charge is 2.45. The van der Waals surface area contributed by atoms with Crippen LogP contribution in [0.25, 0.3) is 0 Å². The number of nitrogens with zero attached hydrogens (tertiary/aromatic N) is 4. The maximum Gasteiger partial charge on any atom is 0.326 e. The van der Waals surface area contributed by atoms with Crippen LogP contribution in [0.2, 0.25) is 0 Å². The molecule has 3 heterocycles. The molecule has 0 bridgehead atoms. The van der Waals surface area contributed by atoms with E-state index in [4.69, 9.17) is 0 Å². The molecule has 228 valence electrons. The number of nitrogens with one attached hydrogen (secondary N) is 1. The predicted molar refractivity (Wildman–Crippen MR) is 151 cm³/mol. The van der Waals surface area contributed by atoms with Gasteiger partial charge in [0.25, 0.3) is 0 Å². The number of amides is 3. The molecule has 3 aliphatic rings. The lowest BCUT2D eigenvalue weighted by Crippen LogP contribution is -2.61. The molecule has 0 aliphatic carbocycles. The molecule has 3 rings (SSSR count). The minimum atomic E-state index is -1.10. The Labute approximate surface area is 239 Å². The number of carboxylic acid groups (broad SMARTS) is 1. The fourth-order valence-corrected chi connectivity index (χ4v) is 6.49. The topological polar surface area (TPSA) is 134 Å². The van der Waals surface area contributed by atoms with Crippen molar-refractivity contribution in [1.29, 1.82) is 0 Å². The standard InChI is InChI=1S/C29H51N5O6/c1-18(2)23(17-33-14-10-12-21(33)26(37)34-16-19(35)15-22(34)28(39)40)32(7)27(38)24(29(3,4)5)30-25(36)20-11-8-9-13-31(20)6/h18-24,35H,8-17H2,1-7H3,(H,30,36)(H,39,40)/t19-,20?,21+,22?,23-,24-/m1/s1. The van der Waals surface area contributed by atoms with E-state index in [1.165, 1.54) is 4.90 Å². The second-order valence-electron chi connectivity index (χ2n) is 13.4. The minimum Gasteiger partial charge on any atom is -0.480 e. The molecule has 2 unspecified atom stereocenters. The number of hydrogen-bond donors (Lipinski definition) is 3. The SMILES string of the molecule is CC(C)[C@@H](CN1CCC[C@H]1C(=O)N1C[C@H](O)CC1C(=O)O)N(C)C(=O)[C@@H](NC(=O)C1CCCCN1C)C(C)(C)C. The van der Waals surface area contributed by atoms with Gasteiger partial charge in [-0.3, -0.25) is 24.2 Å². The first-order valence-electron chi connectivity index (χ1n) is 14.9. The van der Waals surface area contributed by atoms with E-state index in [1.807, 2.05) is 41.7 Å². The van der Waals surface area contributed by atoms with Crippen molar-refractivity contribution in [3.8, 4) is 0 Å². The van der Waals surface area contributed by atoms with Gasteiger partial charge in [-0.05, 0) is 57.2 Å². The highest BCUT2D eigenvalue weighted by Crippen LogP contribution is 2.28. The number of carbonyl (C=O) groups excluding carboxylic acids is 3. The Bertz CT molecular complexity index is 936. The second kappa shape index (κ2) is 13.2. The molecule has 11 heteroatoms. The van der Waals surface area contributed by atoms with Crippen LogP contribution in [0, 0.1) is 11.3 Å². The number of aliphatic carboxylic acids is 1. The molecule has 0 saturated carbocycles. The van der Waals surface area contributed by atoms with Gasteiger partial charge in [0.05, 0.1) is 18.2 Å². The van der Waals surface area contributed by atoms with Gasteiger partial charge in [-0.25, -0.2) is 4.79 Å². The van der Waals surface area contributed by atoms with E-state index >= 15 is 0 Å². The van der Waals surface area contributed by atoms with Crippen LogP contribution >= 0.6 is 0 Å². The van der Waals surface area contributed by atoms with Crippen LogP contribution in [0.4, 0.5) is 0 Å². The molecular formula is C29H51N5O6. The number of carboxylic acids is 1. The van der Waals surface area contributed by atoms with Gasteiger partial charge in [-0.1, -0.05) is 41.0 Å². The number of piperidine rings is 1. The molecule has 3 amide bonds. The maximum atomic E-state index is 14.0. The van der Waals surface area contributed by atoms with E-state index in [0.29, 0.717) is 19.5 Å². The molecule has 6 atom stereocenters. The normalized spacial score (nSPS) is 28.0. The Morgan fingerprint density at radius 1 is 1.00 bits per heavy atom. The van der Waals surface area contributed by atoms with Crippen LogP contribution in [0.15, 0.2) is 0 Å². The molecule has 11 nitrogen and oxygen atoms in total. The number of β-amino-alcohol motifs (C(OH)–C–C–N with tert-alkyl or cyclic N) is 1. The van der Waals surface area contributed by atoms with E-state index in [2.05, 4.69) is 15.1 Å². The fourth-order valence-electron chi connectivity index (χ4n) is 6.49. The van der Waals surface area contributed by atoms with Crippen LogP contribution in [0.5, 0.6) is 0 Å². The van der Waals surface area contributed by atoms with E-state index in [9.17, 15) is 29.4 Å². The first kappa shape index (κ1) is 32.3. The summed E-state index contributed by atoms with van der Waals surface area (Å²) in [5.74, 6) is -1.57. The maximum absolute atomic E-state index is 14.0. The van der Waals surface area contributed by atoms with E-state index in [-0.39, 0.29) is 48.7 Å². The molecule has 3 saturated heterocycles. The van der Waals surface area contributed by atoms with Crippen LogP contribution < -0.4 is 5.32 Å². The zero-order valence-corrected chi connectivity index (χ0v) is 25.4. The number of hydrogen-bond acceptors (Lipinski definition) is 7. The second-order valence-corrected chi connectivity index (χ2v) is 13.4. The summed E-state index contributed by atoms with van der Waals surface area (Å²) in [5.41, 5.74) is -0.510. The molecule has 3 aliphatic heterocycles. The molecule has 0 spiro atoms. The Kier molecular flexibility index (Phi) is 10.6. The van der Waals surface area contributed by atoms with Gasteiger partial charge < -0.3 is 25.3 Å². The predicted octanol–water partition coefficient (Wildman–Crippen LogP) is 0.995. The number of rotatable bonds is 9. The van der Waals surface area contributed by atoms with Crippen molar-refractivity contribution >= 4 is 23.7 Å². The Morgan fingerprint density at radius 3 is 2.23 bits per heavy atom. The molecule has 3 N–H and O–H groups in total. The first-order chi connectivity index (χ1) is 18.6. The summed E-state index contributed by atoms with van der Waals surface area (Å²) < 4.78 is 0. The number of likely N-dealkylation sites (tertiary alicyclic amines) is 3. The van der Waals surface area contributed by atoms with Crippen LogP contribution in [0.3, 0.4) is 0 Å². The Hall–Kier alpha value is -2.24. The molecule has 0 aromatic carbocycles. The molecular weight excluding hydrogens is 514 g/mol. The average Bonchev–Trinajstić information content (AvgIpc) is 3.50. The van der Waals surface area contributed by atoms with E-state index in [1.54, 1.807) is 11.9 Å². The Balaban J connectivity index is 1.75. The van der Waals surface area contributed by atoms with Crippen LogP contribution in [-0.2, 0) is 19.2 Å². The van der Waals surface area contributed by atoms with E-state index < -0.39 is 35.6 Å². The quantitative estimate of drug-likeness (QED) is 0.377. The van der Waals surface area contributed by atoms with Gasteiger partial charge in [-0.15, -0.1) is 0 Å². The van der Waals surface area contributed by atoms with Crippen LogP contribution in [0.1, 0.15) is 73.1 Å². The summed E-state index contributed by atoms with van der Waals surface area (Å²) in [6.07, 6.45) is 3.43. The van der Waals surface area contributed by atoms with Crippen molar-refractivity contribution in [2.75, 3.05) is 40.3 Å². The number of carbonyl (C=O) groups is 4. The zero-order chi connectivity index (χ0) is 29.9. The number of aliphatic hydroxyl groups is 1. The minimum absolute atomic E-state index is 0.0231. The van der Waals surface area contributed by atoms with Gasteiger partial charge in [0.2, 0.25) is 17.7 Å². The monoisotopic (exact) mass is 565 g/mol. The van der Waals surface area contributed by atoms with Crippen molar-refractivity contribution in [3.05, 3.63) is 0 Å². The molecule has 0 aromatic heterocycles. The summed E-state index contributed by atoms with van der Waals surface area (Å²) in [4.78, 5) is 59.7. The third kappa shape index (κ3) is 7.33. The number of likely N-dealkylation sites (N-methyl/N-ethyl adjacent to an activating group) is 2. The van der Waals surface area contributed by atoms with Crippen molar-refractivity contribution < 1.29 is 29.4 Å². The molecule has 0 aromatic rings. The average molecular weight is 566 g/mol. The summed E-state index contributed by atoms with van der Waals surface area (Å²) in [7, 11) is 3.72. The van der Waals surface area contributed by atoms with Gasteiger partial charge in [-0.2, -0.15) is 0 Å². The van der Waals surface area contributed by atoms with Crippen LogP contribution in [-0.4, -0.2) is 130 Å². The lowest BCUT2D eigenvalue weighted by atomic mass is 9.84. The van der Waals surface area contributed by atoms with Gasteiger partial charge in [0, 0.05) is 32.6 Å². The molecule has 3 fully saturated rings. The first-order valence-corrected chi connectivity index (χ1v) is 14.9. The lowest BCUT2D eigenvalue weighted by Gasteiger charge is -2.41. The highest BCUT2D eigenvalue weighted by molar-refractivity contribution is 5.90. The smallest absolute Gasteiger partial charge is 0.326 e. The summed E-state index contributed by atoms with van der Waals surface area (Å²) >= 11 is 0. The van der Waals surface area contributed by atoms with Gasteiger partial charge in [0.1, 0.15) is 12.1 Å². The van der Waals surface area contributed by atoms with Crippen molar-refractivity contribution in [1.82, 2.24) is 24.9 Å². The highest BCUT2D eigenvalue weighted by atomic mass is 16.4. The lowest BCUT2D eigenvalue weighted by molar-refractivity contribution is -0.150. The third-order valence-corrected chi connectivity index (χ3v) is 9.00. The van der Waals surface area contributed by atoms with Crippen molar-refractivity contribution in [2.24, 2.45) is 11.3 Å². The summed E-state index contributed by atoms with van der Waals surface area (Å²) in [6.45, 7) is 12.0. The summed E-state index contributed by atoms with van der Waals surface area (Å²) in [6, 6.07) is -2.68. The third-order valence-electron chi connectivity index (χ3n) is 9.00. The summed E-state index contributed by atoms with van der Waals surface area (Å²) in [5, 5.41) is 22.7. The van der Waals surface area contributed by atoms with E-state index in [0.717, 1.165) is 32.2 Å². The fraction of sp³-hybridized carbons (Fsp3) is 0.862. The van der Waals surface area contributed by atoms with Gasteiger partial charge in [0.15, 0.2) is 0 Å². The van der Waals surface area contributed by atoms with Crippen molar-refractivity contribution in [2.45, 2.75) is 109 Å². The van der Waals surface area contributed by atoms with Gasteiger partial charge >= 0.3 is 5.97 Å². The largest absolute Gasteiger partial charge is 0.480 e. The number of aliphatic hydroxyl groups excluding tert-OH is 1.